The molecule has 36 heavy (non-hydrogen) atoms. The van der Waals surface area contributed by atoms with Gasteiger partial charge in [-0.05, 0) is 63.4 Å². The van der Waals surface area contributed by atoms with Gasteiger partial charge in [0.25, 0.3) is 0 Å². The molecule has 0 aliphatic heterocycles. The first kappa shape index (κ1) is 29.9. The Kier molecular flexibility index (Phi) is 11.1. The molecule has 2 aromatic carbocycles. The smallest absolute Gasteiger partial charge is 0.242 e. The first-order chi connectivity index (χ1) is 16.8. The number of hydrogen-bond donors (Lipinski definition) is 1. The maximum Gasteiger partial charge on any atom is 0.242 e. The van der Waals surface area contributed by atoms with Gasteiger partial charge >= 0.3 is 0 Å². The Hall–Kier alpha value is -2.29. The van der Waals surface area contributed by atoms with E-state index >= 15 is 0 Å². The number of halogens is 2. The van der Waals surface area contributed by atoms with Crippen LogP contribution in [0.4, 0.5) is 5.69 Å². The van der Waals surface area contributed by atoms with Crippen LogP contribution in [-0.4, -0.2) is 50.0 Å². The second-order valence-electron chi connectivity index (χ2n) is 8.99. The molecule has 0 unspecified atom stereocenters. The zero-order valence-corrected chi connectivity index (χ0v) is 23.8. The lowest BCUT2D eigenvalue weighted by Crippen LogP contribution is -2.49. The van der Waals surface area contributed by atoms with Crippen LogP contribution in [0.3, 0.4) is 0 Å². The van der Waals surface area contributed by atoms with Crippen molar-refractivity contribution in [3.05, 3.63) is 63.6 Å². The van der Waals surface area contributed by atoms with Crippen LogP contribution in [0.2, 0.25) is 10.0 Å². The van der Waals surface area contributed by atoms with Crippen LogP contribution < -0.4 is 9.62 Å². The number of carbonyl (C=O) groups excluding carboxylic acids is 2. The Bertz CT molecular complexity index is 1150. The summed E-state index contributed by atoms with van der Waals surface area (Å²) >= 11 is 12.7. The van der Waals surface area contributed by atoms with Crippen molar-refractivity contribution in [2.75, 3.05) is 17.1 Å². The summed E-state index contributed by atoms with van der Waals surface area (Å²) in [5.41, 5.74) is 2.03. The van der Waals surface area contributed by atoms with E-state index in [4.69, 9.17) is 23.2 Å². The summed E-state index contributed by atoms with van der Waals surface area (Å²) in [6, 6.07) is 11.4. The van der Waals surface area contributed by atoms with Crippen LogP contribution in [0.15, 0.2) is 42.5 Å². The summed E-state index contributed by atoms with van der Waals surface area (Å²) in [6.45, 7) is 7.59. The first-order valence-electron chi connectivity index (χ1n) is 11.9. The van der Waals surface area contributed by atoms with Crippen LogP contribution in [-0.2, 0) is 26.2 Å². The third-order valence-corrected chi connectivity index (χ3v) is 7.90. The van der Waals surface area contributed by atoms with Crippen molar-refractivity contribution in [2.24, 2.45) is 0 Å². The Labute approximate surface area is 224 Å². The van der Waals surface area contributed by atoms with Crippen LogP contribution in [0.1, 0.15) is 51.2 Å². The molecule has 7 nitrogen and oxygen atoms in total. The minimum Gasteiger partial charge on any atom is -0.352 e. The number of benzene rings is 2. The largest absolute Gasteiger partial charge is 0.352 e. The summed E-state index contributed by atoms with van der Waals surface area (Å²) in [5.74, 6) is -0.575. The second-order valence-corrected chi connectivity index (χ2v) is 11.7. The van der Waals surface area contributed by atoms with Gasteiger partial charge in [-0.3, -0.25) is 13.9 Å². The fourth-order valence-electron chi connectivity index (χ4n) is 3.69. The number of nitrogens with zero attached hydrogens (tertiary/aromatic N) is 2. The van der Waals surface area contributed by atoms with Crippen molar-refractivity contribution in [3.63, 3.8) is 0 Å². The molecule has 0 spiro atoms. The van der Waals surface area contributed by atoms with Gasteiger partial charge in [0, 0.05) is 41.2 Å². The van der Waals surface area contributed by atoms with Crippen LogP contribution in [0.5, 0.6) is 0 Å². The Balaban J connectivity index is 2.23. The summed E-state index contributed by atoms with van der Waals surface area (Å²) in [5, 5.41) is 3.72. The molecule has 0 aliphatic carbocycles. The van der Waals surface area contributed by atoms with E-state index in [-0.39, 0.29) is 43.8 Å². The lowest BCUT2D eigenvalue weighted by molar-refractivity contribution is -0.140. The van der Waals surface area contributed by atoms with Gasteiger partial charge in [-0.1, -0.05) is 48.3 Å². The molecule has 0 bridgehead atoms. The van der Waals surface area contributed by atoms with Gasteiger partial charge in [-0.25, -0.2) is 8.42 Å². The van der Waals surface area contributed by atoms with Gasteiger partial charge in [0.15, 0.2) is 0 Å². The highest BCUT2D eigenvalue weighted by molar-refractivity contribution is 7.92. The lowest BCUT2D eigenvalue weighted by Gasteiger charge is -2.30. The monoisotopic (exact) mass is 555 g/mol. The van der Waals surface area contributed by atoms with Crippen LogP contribution in [0.25, 0.3) is 0 Å². The first-order valence-corrected chi connectivity index (χ1v) is 14.5. The van der Waals surface area contributed by atoms with Gasteiger partial charge < -0.3 is 10.2 Å². The molecule has 0 fully saturated rings. The predicted octanol–water partition coefficient (Wildman–Crippen LogP) is 5.18. The van der Waals surface area contributed by atoms with Crippen molar-refractivity contribution in [1.29, 1.82) is 0 Å². The second kappa shape index (κ2) is 13.3. The molecule has 2 amide bonds. The molecule has 0 aromatic heterocycles. The van der Waals surface area contributed by atoms with Crippen LogP contribution >= 0.6 is 23.2 Å². The zero-order valence-electron chi connectivity index (χ0n) is 21.4. The predicted molar refractivity (Wildman–Crippen MR) is 147 cm³/mol. The van der Waals surface area contributed by atoms with Gasteiger partial charge in [-0.2, -0.15) is 0 Å². The quantitative estimate of drug-likeness (QED) is 0.391. The van der Waals surface area contributed by atoms with Crippen molar-refractivity contribution in [1.82, 2.24) is 10.2 Å². The summed E-state index contributed by atoms with van der Waals surface area (Å²) < 4.78 is 26.2. The van der Waals surface area contributed by atoms with Crippen molar-refractivity contribution >= 4 is 50.7 Å². The average Bonchev–Trinajstić information content (AvgIpc) is 2.80. The molecule has 2 atom stereocenters. The topological polar surface area (TPSA) is 86.8 Å². The number of carbonyl (C=O) groups is 2. The van der Waals surface area contributed by atoms with E-state index in [2.05, 4.69) is 5.32 Å². The van der Waals surface area contributed by atoms with E-state index in [1.165, 1.54) is 9.21 Å². The third-order valence-electron chi connectivity index (χ3n) is 6.00. The highest BCUT2D eigenvalue weighted by Crippen LogP contribution is 2.27. The SMILES string of the molecule is CC[C@H](C)NC(=O)[C@@H](C)N(Cc1c(Cl)cccc1Cl)C(=O)CCCN(c1cccc(C)c1)S(C)(=O)=O. The average molecular weight is 557 g/mol. The zero-order chi connectivity index (χ0) is 27.0. The van der Waals surface area contributed by atoms with Gasteiger partial charge in [0.1, 0.15) is 6.04 Å². The molecule has 2 rings (SSSR count). The molecule has 0 heterocycles. The molecule has 0 aliphatic rings. The molecule has 2 aromatic rings. The van der Waals surface area contributed by atoms with Crippen LogP contribution in [0, 0.1) is 6.92 Å². The molecule has 0 radical (unpaired) electrons. The number of rotatable bonds is 12. The Morgan fingerprint density at radius 2 is 1.67 bits per heavy atom. The maximum absolute atomic E-state index is 13.4. The molecular weight excluding hydrogens is 521 g/mol. The highest BCUT2D eigenvalue weighted by atomic mass is 35.5. The standard InChI is InChI=1S/C26H35Cl2N3O4S/c1-6-19(3)29-26(33)20(4)30(17-22-23(27)12-8-13-24(22)28)25(32)14-9-15-31(36(5,34)35)21-11-7-10-18(2)16-21/h7-8,10-13,16,19-20H,6,9,14-15,17H2,1-5H3,(H,29,33)/t19-,20+/m0/s1. The number of amides is 2. The van der Waals surface area contributed by atoms with Gasteiger partial charge in [-0.15, -0.1) is 0 Å². The molecular formula is C26H35Cl2N3O4S. The summed E-state index contributed by atoms with van der Waals surface area (Å²) in [7, 11) is -3.55. The fourth-order valence-corrected chi connectivity index (χ4v) is 5.16. The normalized spacial score (nSPS) is 13.1. The third kappa shape index (κ3) is 8.39. The lowest BCUT2D eigenvalue weighted by atomic mass is 10.1. The minimum atomic E-state index is -3.55. The van der Waals surface area contributed by atoms with E-state index in [9.17, 15) is 18.0 Å². The molecule has 1 N–H and O–H groups in total. The number of sulfonamides is 1. The van der Waals surface area contributed by atoms with Crippen molar-refractivity contribution in [2.45, 2.75) is 65.6 Å². The van der Waals surface area contributed by atoms with E-state index in [0.717, 1.165) is 18.2 Å². The number of nitrogens with one attached hydrogen (secondary N) is 1. The van der Waals surface area contributed by atoms with Gasteiger partial charge in [0.05, 0.1) is 11.9 Å². The van der Waals surface area contributed by atoms with Gasteiger partial charge in [0.2, 0.25) is 21.8 Å². The molecule has 0 saturated carbocycles. The van der Waals surface area contributed by atoms with Crippen molar-refractivity contribution < 1.29 is 18.0 Å². The van der Waals surface area contributed by atoms with Crippen molar-refractivity contribution in [3.8, 4) is 0 Å². The molecule has 0 saturated heterocycles. The van der Waals surface area contributed by atoms with E-state index in [1.807, 2.05) is 26.8 Å². The number of anilines is 1. The Morgan fingerprint density at radius 1 is 1.06 bits per heavy atom. The number of hydrogen-bond acceptors (Lipinski definition) is 4. The van der Waals surface area contributed by atoms with E-state index in [1.54, 1.807) is 43.3 Å². The Morgan fingerprint density at radius 3 is 2.22 bits per heavy atom. The highest BCUT2D eigenvalue weighted by Gasteiger charge is 2.28. The maximum atomic E-state index is 13.4. The minimum absolute atomic E-state index is 0.0425. The summed E-state index contributed by atoms with van der Waals surface area (Å²) in [6.07, 6.45) is 2.21. The van der Waals surface area contributed by atoms with E-state index < -0.39 is 16.1 Å². The number of aryl methyl sites for hydroxylation is 1. The van der Waals surface area contributed by atoms with E-state index in [0.29, 0.717) is 21.3 Å². The summed E-state index contributed by atoms with van der Waals surface area (Å²) in [4.78, 5) is 27.7. The fraction of sp³-hybridized carbons (Fsp3) is 0.462. The molecule has 10 heteroatoms. The molecule has 198 valence electrons.